The number of non-ortho nitro benzene ring substituents is 1. The van der Waals surface area contributed by atoms with Crippen LogP contribution in [0.5, 0.6) is 0 Å². The molecule has 1 N–H and O–H groups in total. The molecule has 1 aliphatic rings. The quantitative estimate of drug-likeness (QED) is 0.454. The molecule has 1 aliphatic heterocycles. The Hall–Kier alpha value is -3.69. The number of amides is 1. The Kier molecular flexibility index (Phi) is 5.70. The molecule has 10 heteroatoms. The van der Waals surface area contributed by atoms with Crippen molar-refractivity contribution in [1.82, 2.24) is 4.57 Å². The van der Waals surface area contributed by atoms with Crippen molar-refractivity contribution in [2.45, 2.75) is 32.2 Å². The first-order valence-electron chi connectivity index (χ1n) is 10.0. The van der Waals surface area contributed by atoms with Crippen LogP contribution in [0.3, 0.4) is 0 Å². The average Bonchev–Trinajstić information content (AvgIpc) is 3.37. The number of anilines is 2. The number of rotatable bonds is 7. The number of oxazole rings is 1. The van der Waals surface area contributed by atoms with Gasteiger partial charge in [-0.25, -0.2) is 9.18 Å². The molecule has 1 fully saturated rings. The van der Waals surface area contributed by atoms with E-state index in [9.17, 15) is 24.1 Å². The monoisotopic (exact) mass is 428 g/mol. The summed E-state index contributed by atoms with van der Waals surface area (Å²) < 4.78 is 20.8. The molecule has 1 saturated heterocycles. The van der Waals surface area contributed by atoms with E-state index in [2.05, 4.69) is 10.2 Å². The predicted octanol–water partition coefficient (Wildman–Crippen LogP) is 3.66. The Labute approximate surface area is 176 Å². The molecule has 162 valence electrons. The number of hydrogen-bond donors (Lipinski definition) is 1. The minimum atomic E-state index is -0.652. The topological polar surface area (TPSA) is 111 Å². The Morgan fingerprint density at radius 2 is 2.00 bits per heavy atom. The van der Waals surface area contributed by atoms with Gasteiger partial charge in [0.2, 0.25) is 5.91 Å². The second-order valence-corrected chi connectivity index (χ2v) is 7.41. The Morgan fingerprint density at radius 1 is 1.23 bits per heavy atom. The highest BCUT2D eigenvalue weighted by atomic mass is 19.1. The highest BCUT2D eigenvalue weighted by Gasteiger charge is 2.20. The lowest BCUT2D eigenvalue weighted by Crippen LogP contribution is -2.22. The number of halogens is 1. The molecular formula is C21H21FN4O5. The standard InChI is InChI=1S/C21H21FN4O5/c22-15-5-3-6-17(24-10-1-2-11-24)20(15)23-19(27)7-4-12-25-16-9-8-14(26(29)30)13-18(16)31-21(25)28/h3,5-6,8-9,13H,1-2,4,7,10-12H2,(H,23,27). The van der Waals surface area contributed by atoms with E-state index in [-0.39, 0.29) is 35.8 Å². The summed E-state index contributed by atoms with van der Waals surface area (Å²) in [5.74, 6) is -1.50. The van der Waals surface area contributed by atoms with Crippen LogP contribution in [0.15, 0.2) is 45.6 Å². The summed E-state index contributed by atoms with van der Waals surface area (Å²) in [7, 11) is 0. The third-order valence-electron chi connectivity index (χ3n) is 5.35. The van der Waals surface area contributed by atoms with Crippen molar-refractivity contribution in [2.24, 2.45) is 0 Å². The third kappa shape index (κ3) is 4.27. The fourth-order valence-electron chi connectivity index (χ4n) is 3.84. The van der Waals surface area contributed by atoms with Gasteiger partial charge in [0.05, 0.1) is 22.2 Å². The van der Waals surface area contributed by atoms with E-state index < -0.39 is 16.5 Å². The lowest BCUT2D eigenvalue weighted by Gasteiger charge is -2.22. The Bertz CT molecular complexity index is 1200. The van der Waals surface area contributed by atoms with E-state index in [0.29, 0.717) is 17.6 Å². The van der Waals surface area contributed by atoms with Gasteiger partial charge in [0.1, 0.15) is 11.5 Å². The van der Waals surface area contributed by atoms with Crippen LogP contribution in [-0.2, 0) is 11.3 Å². The number of nitrogens with zero attached hydrogens (tertiary/aromatic N) is 3. The van der Waals surface area contributed by atoms with Gasteiger partial charge in [-0.2, -0.15) is 0 Å². The normalized spacial score (nSPS) is 13.6. The first kappa shape index (κ1) is 20.6. The second kappa shape index (κ2) is 8.58. The third-order valence-corrected chi connectivity index (χ3v) is 5.35. The molecule has 0 atom stereocenters. The zero-order chi connectivity index (χ0) is 22.0. The van der Waals surface area contributed by atoms with Gasteiger partial charge in [-0.15, -0.1) is 0 Å². The van der Waals surface area contributed by atoms with E-state index in [4.69, 9.17) is 4.42 Å². The van der Waals surface area contributed by atoms with Crippen molar-refractivity contribution in [3.05, 3.63) is 62.9 Å². The fourth-order valence-corrected chi connectivity index (χ4v) is 3.84. The number of fused-ring (bicyclic) bond motifs is 1. The summed E-state index contributed by atoms with van der Waals surface area (Å²) in [5, 5.41) is 13.5. The first-order valence-corrected chi connectivity index (χ1v) is 10.0. The number of nitro groups is 1. The van der Waals surface area contributed by atoms with Crippen LogP contribution >= 0.6 is 0 Å². The van der Waals surface area contributed by atoms with E-state index in [0.717, 1.165) is 25.9 Å². The van der Waals surface area contributed by atoms with Crippen LogP contribution in [-0.4, -0.2) is 28.5 Å². The molecule has 2 aromatic carbocycles. The van der Waals surface area contributed by atoms with Crippen LogP contribution in [0, 0.1) is 15.9 Å². The maximum Gasteiger partial charge on any atom is 0.419 e. The minimum absolute atomic E-state index is 0.0693. The first-order chi connectivity index (χ1) is 14.9. The number of nitro benzene ring substituents is 1. The molecule has 0 spiro atoms. The summed E-state index contributed by atoms with van der Waals surface area (Å²) in [6.07, 6.45) is 2.44. The van der Waals surface area contributed by atoms with Gasteiger partial charge in [0, 0.05) is 32.1 Å². The molecule has 3 aromatic rings. The second-order valence-electron chi connectivity index (χ2n) is 7.41. The highest BCUT2D eigenvalue weighted by molar-refractivity contribution is 5.94. The maximum atomic E-state index is 14.4. The molecule has 1 amide bonds. The van der Waals surface area contributed by atoms with Gasteiger partial charge < -0.3 is 14.6 Å². The number of benzene rings is 2. The molecule has 9 nitrogen and oxygen atoms in total. The molecule has 2 heterocycles. The lowest BCUT2D eigenvalue weighted by molar-refractivity contribution is -0.384. The van der Waals surface area contributed by atoms with Crippen LogP contribution in [0.4, 0.5) is 21.5 Å². The molecule has 0 saturated carbocycles. The van der Waals surface area contributed by atoms with E-state index in [1.54, 1.807) is 12.1 Å². The number of aryl methyl sites for hydroxylation is 1. The van der Waals surface area contributed by atoms with Crippen LogP contribution in [0.25, 0.3) is 11.1 Å². The van der Waals surface area contributed by atoms with Crippen molar-refractivity contribution >= 4 is 34.1 Å². The minimum Gasteiger partial charge on any atom is -0.407 e. The van der Waals surface area contributed by atoms with Gasteiger partial charge in [0.15, 0.2) is 5.58 Å². The average molecular weight is 428 g/mol. The van der Waals surface area contributed by atoms with Crippen molar-refractivity contribution in [1.29, 1.82) is 0 Å². The Morgan fingerprint density at radius 3 is 2.74 bits per heavy atom. The fraction of sp³-hybridized carbons (Fsp3) is 0.333. The zero-order valence-corrected chi connectivity index (χ0v) is 16.7. The van der Waals surface area contributed by atoms with Crippen molar-refractivity contribution in [3.63, 3.8) is 0 Å². The number of carbonyl (C=O) groups excluding carboxylic acids is 1. The summed E-state index contributed by atoms with van der Waals surface area (Å²) >= 11 is 0. The van der Waals surface area contributed by atoms with Crippen molar-refractivity contribution in [3.8, 4) is 0 Å². The van der Waals surface area contributed by atoms with Gasteiger partial charge in [-0.1, -0.05) is 6.07 Å². The summed E-state index contributed by atoms with van der Waals surface area (Å²) in [5.41, 5.74) is 1.20. The molecule has 0 radical (unpaired) electrons. The molecule has 0 unspecified atom stereocenters. The lowest BCUT2D eigenvalue weighted by atomic mass is 10.2. The van der Waals surface area contributed by atoms with Crippen molar-refractivity contribution < 1.29 is 18.5 Å². The number of nitrogens with one attached hydrogen (secondary N) is 1. The van der Waals surface area contributed by atoms with Crippen LogP contribution in [0.1, 0.15) is 25.7 Å². The molecule has 1 aromatic heterocycles. The van der Waals surface area contributed by atoms with Gasteiger partial charge in [-0.3, -0.25) is 19.5 Å². The van der Waals surface area contributed by atoms with Crippen LogP contribution < -0.4 is 16.0 Å². The molecular weight excluding hydrogens is 407 g/mol. The van der Waals surface area contributed by atoms with Gasteiger partial charge >= 0.3 is 5.76 Å². The van der Waals surface area contributed by atoms with Gasteiger partial charge in [0.25, 0.3) is 5.69 Å². The molecule has 0 bridgehead atoms. The smallest absolute Gasteiger partial charge is 0.407 e. The maximum absolute atomic E-state index is 14.4. The highest BCUT2D eigenvalue weighted by Crippen LogP contribution is 2.31. The predicted molar refractivity (Wildman–Crippen MR) is 113 cm³/mol. The van der Waals surface area contributed by atoms with E-state index >= 15 is 0 Å². The van der Waals surface area contributed by atoms with Crippen LogP contribution in [0.2, 0.25) is 0 Å². The number of carbonyl (C=O) groups is 1. The van der Waals surface area contributed by atoms with Gasteiger partial charge in [-0.05, 0) is 37.5 Å². The van der Waals surface area contributed by atoms with E-state index in [1.807, 2.05) is 0 Å². The summed E-state index contributed by atoms with van der Waals surface area (Å²) in [6, 6.07) is 8.65. The SMILES string of the molecule is O=C(CCCn1c(=O)oc2cc([N+](=O)[O-])ccc21)Nc1c(F)cccc1N1CCCC1. The number of aromatic nitrogens is 1. The number of para-hydroxylation sites is 1. The molecule has 31 heavy (non-hydrogen) atoms. The Balaban J connectivity index is 1.42. The zero-order valence-electron chi connectivity index (χ0n) is 16.7. The van der Waals surface area contributed by atoms with E-state index in [1.165, 1.54) is 28.8 Å². The summed E-state index contributed by atoms with van der Waals surface area (Å²) in [4.78, 5) is 36.9. The summed E-state index contributed by atoms with van der Waals surface area (Å²) in [6.45, 7) is 1.83. The largest absolute Gasteiger partial charge is 0.419 e. The number of hydrogen-bond acceptors (Lipinski definition) is 6. The molecule has 0 aliphatic carbocycles. The van der Waals surface area contributed by atoms with Crippen molar-refractivity contribution in [2.75, 3.05) is 23.3 Å². The molecule has 4 rings (SSSR count).